The van der Waals surface area contributed by atoms with Crippen molar-refractivity contribution < 1.29 is 27.8 Å². The van der Waals surface area contributed by atoms with Crippen LogP contribution in [0.25, 0.3) is 0 Å². The number of hydrogen-bond donors (Lipinski definition) is 1. The highest BCUT2D eigenvalue weighted by molar-refractivity contribution is 7.89. The molecule has 0 saturated heterocycles. The van der Waals surface area contributed by atoms with Crippen LogP contribution in [0.4, 0.5) is 0 Å². The molecule has 0 aliphatic carbocycles. The molecular weight excluding hydrogens is 346 g/mol. The average molecular weight is 362 g/mol. The Labute approximate surface area is 145 Å². The zero-order valence-corrected chi connectivity index (χ0v) is 14.0. The van der Waals surface area contributed by atoms with Crippen LogP contribution in [0, 0.1) is 0 Å². The lowest BCUT2D eigenvalue weighted by Crippen LogP contribution is -2.49. The predicted octanol–water partition coefficient (Wildman–Crippen LogP) is 0.0973. The molecule has 1 aliphatic rings. The molecule has 1 N–H and O–H groups in total. The van der Waals surface area contributed by atoms with Gasteiger partial charge in [-0.2, -0.15) is 0 Å². The molecule has 0 radical (unpaired) electrons. The van der Waals surface area contributed by atoms with E-state index >= 15 is 0 Å². The molecule has 25 heavy (non-hydrogen) atoms. The van der Waals surface area contributed by atoms with Crippen LogP contribution < -0.4 is 19.3 Å². The van der Waals surface area contributed by atoms with Crippen molar-refractivity contribution in [3.05, 3.63) is 54.1 Å². The summed E-state index contributed by atoms with van der Waals surface area (Å²) in [7, 11) is -4.06. The first kappa shape index (κ1) is 17.2. The van der Waals surface area contributed by atoms with Crippen LogP contribution in [-0.4, -0.2) is 33.6 Å². The lowest BCUT2D eigenvalue weighted by Gasteiger charge is -2.21. The standard InChI is InChI=1S/C17H17NO6S/c19-17(20)14(10-12-4-2-1-3-5-12)18-25(21,22)13-6-7-15-16(11-13)24-9-8-23-15/h1-7,11,14,18H,8-10H2,(H,19,20)/p-1/t14-/m0/s1. The van der Waals surface area contributed by atoms with Crippen LogP contribution in [-0.2, 0) is 21.2 Å². The van der Waals surface area contributed by atoms with Crippen molar-refractivity contribution in [2.45, 2.75) is 17.4 Å². The topological polar surface area (TPSA) is 105 Å². The molecule has 3 rings (SSSR count). The Balaban J connectivity index is 1.82. The van der Waals surface area contributed by atoms with Gasteiger partial charge in [-0.3, -0.25) is 0 Å². The van der Waals surface area contributed by atoms with Crippen molar-refractivity contribution in [3.8, 4) is 11.5 Å². The van der Waals surface area contributed by atoms with Gasteiger partial charge in [0.1, 0.15) is 13.2 Å². The van der Waals surface area contributed by atoms with E-state index in [-0.39, 0.29) is 11.3 Å². The van der Waals surface area contributed by atoms with Gasteiger partial charge >= 0.3 is 0 Å². The first-order valence-corrected chi connectivity index (χ1v) is 9.11. The van der Waals surface area contributed by atoms with Crippen molar-refractivity contribution in [1.29, 1.82) is 0 Å². The van der Waals surface area contributed by atoms with Crippen LogP contribution in [0.5, 0.6) is 11.5 Å². The summed E-state index contributed by atoms with van der Waals surface area (Å²) in [4.78, 5) is 11.3. The molecule has 1 aliphatic heterocycles. The molecule has 0 spiro atoms. The molecule has 2 aromatic carbocycles. The number of nitrogens with one attached hydrogen (secondary N) is 1. The normalized spacial score (nSPS) is 14.7. The molecule has 7 nitrogen and oxygen atoms in total. The zero-order valence-electron chi connectivity index (χ0n) is 13.2. The van der Waals surface area contributed by atoms with Crippen LogP contribution in [0.3, 0.4) is 0 Å². The maximum atomic E-state index is 12.5. The van der Waals surface area contributed by atoms with Crippen LogP contribution in [0.2, 0.25) is 0 Å². The Morgan fingerprint density at radius 2 is 1.76 bits per heavy atom. The predicted molar refractivity (Wildman–Crippen MR) is 86.7 cm³/mol. The number of carboxylic acids is 1. The number of aliphatic carboxylic acids is 1. The number of ether oxygens (including phenoxy) is 2. The highest BCUT2D eigenvalue weighted by Gasteiger charge is 2.23. The summed E-state index contributed by atoms with van der Waals surface area (Å²) in [5.74, 6) is -0.738. The summed E-state index contributed by atoms with van der Waals surface area (Å²) in [6.07, 6.45) is -0.0209. The lowest BCUT2D eigenvalue weighted by atomic mass is 10.1. The molecule has 132 valence electrons. The minimum absolute atomic E-state index is 0.0209. The SMILES string of the molecule is O=C([O-])[C@H](Cc1ccccc1)NS(=O)(=O)c1ccc2c(c1)OCCO2. The number of hydrogen-bond acceptors (Lipinski definition) is 6. The van der Waals surface area contributed by atoms with Gasteiger partial charge in [-0.05, 0) is 24.1 Å². The van der Waals surface area contributed by atoms with E-state index in [0.717, 1.165) is 0 Å². The largest absolute Gasteiger partial charge is 0.548 e. The molecule has 2 aromatic rings. The number of carbonyl (C=O) groups is 1. The number of carboxylic acid groups (broad SMARTS) is 1. The monoisotopic (exact) mass is 362 g/mol. The summed E-state index contributed by atoms with van der Waals surface area (Å²) in [5, 5.41) is 11.4. The zero-order chi connectivity index (χ0) is 17.9. The summed E-state index contributed by atoms with van der Waals surface area (Å²) in [6, 6.07) is 11.5. The summed E-state index contributed by atoms with van der Waals surface area (Å²) in [5.41, 5.74) is 0.682. The fourth-order valence-electron chi connectivity index (χ4n) is 2.47. The van der Waals surface area contributed by atoms with E-state index in [9.17, 15) is 18.3 Å². The second kappa shape index (κ2) is 7.12. The molecule has 0 saturated carbocycles. The Bertz CT molecular complexity index is 866. The molecule has 0 aromatic heterocycles. The quantitative estimate of drug-likeness (QED) is 0.781. The fraction of sp³-hybridized carbons (Fsp3) is 0.235. The van der Waals surface area contributed by atoms with Gasteiger partial charge in [-0.25, -0.2) is 13.1 Å². The van der Waals surface area contributed by atoms with Crippen molar-refractivity contribution >= 4 is 16.0 Å². The van der Waals surface area contributed by atoms with Crippen LogP contribution in [0.1, 0.15) is 5.56 Å². The van der Waals surface area contributed by atoms with Gasteiger partial charge in [0.25, 0.3) is 0 Å². The molecule has 8 heteroatoms. The summed E-state index contributed by atoms with van der Waals surface area (Å²) in [6.45, 7) is 0.709. The highest BCUT2D eigenvalue weighted by atomic mass is 32.2. The van der Waals surface area contributed by atoms with Gasteiger partial charge in [0.05, 0.1) is 16.9 Å². The second-order valence-electron chi connectivity index (χ2n) is 5.49. The summed E-state index contributed by atoms with van der Waals surface area (Å²) >= 11 is 0. The highest BCUT2D eigenvalue weighted by Crippen LogP contribution is 2.32. The van der Waals surface area contributed by atoms with Gasteiger partial charge in [0.2, 0.25) is 10.0 Å². The summed E-state index contributed by atoms with van der Waals surface area (Å²) < 4.78 is 37.9. The number of sulfonamides is 1. The second-order valence-corrected chi connectivity index (χ2v) is 7.20. The number of fused-ring (bicyclic) bond motifs is 1. The van der Waals surface area contributed by atoms with Gasteiger partial charge < -0.3 is 19.4 Å². The van der Waals surface area contributed by atoms with E-state index < -0.39 is 22.0 Å². The van der Waals surface area contributed by atoms with Gasteiger partial charge in [0.15, 0.2) is 11.5 Å². The first-order chi connectivity index (χ1) is 12.0. The molecular formula is C17H16NO6S-. The third kappa shape index (κ3) is 4.09. The third-order valence-electron chi connectivity index (χ3n) is 3.69. The van der Waals surface area contributed by atoms with Crippen molar-refractivity contribution in [2.75, 3.05) is 13.2 Å². The van der Waals surface area contributed by atoms with Crippen LogP contribution >= 0.6 is 0 Å². The van der Waals surface area contributed by atoms with Crippen LogP contribution in [0.15, 0.2) is 53.4 Å². The minimum Gasteiger partial charge on any atom is -0.548 e. The number of carbonyl (C=O) groups excluding carboxylic acids is 1. The van der Waals surface area contributed by atoms with E-state index in [1.165, 1.54) is 18.2 Å². The maximum absolute atomic E-state index is 12.5. The van der Waals surface area contributed by atoms with E-state index in [1.807, 2.05) is 0 Å². The van der Waals surface area contributed by atoms with E-state index in [1.54, 1.807) is 30.3 Å². The van der Waals surface area contributed by atoms with Crippen molar-refractivity contribution in [3.63, 3.8) is 0 Å². The molecule has 0 bridgehead atoms. The van der Waals surface area contributed by atoms with E-state index in [0.29, 0.717) is 30.3 Å². The Kier molecular flexibility index (Phi) is 4.91. The molecule has 1 atom stereocenters. The Morgan fingerprint density at radius 1 is 1.08 bits per heavy atom. The molecule has 0 fully saturated rings. The smallest absolute Gasteiger partial charge is 0.241 e. The number of benzene rings is 2. The van der Waals surface area contributed by atoms with Crippen molar-refractivity contribution in [1.82, 2.24) is 4.72 Å². The maximum Gasteiger partial charge on any atom is 0.241 e. The minimum atomic E-state index is -4.06. The number of rotatable bonds is 6. The Hall–Kier alpha value is -2.58. The average Bonchev–Trinajstić information content (AvgIpc) is 2.61. The first-order valence-electron chi connectivity index (χ1n) is 7.62. The lowest BCUT2D eigenvalue weighted by molar-refractivity contribution is -0.307. The molecule has 0 amide bonds. The molecule has 0 unspecified atom stereocenters. The fourth-order valence-corrected chi connectivity index (χ4v) is 3.67. The van der Waals surface area contributed by atoms with Gasteiger partial charge in [0, 0.05) is 6.07 Å². The van der Waals surface area contributed by atoms with E-state index in [2.05, 4.69) is 4.72 Å². The van der Waals surface area contributed by atoms with Gasteiger partial charge in [-0.15, -0.1) is 0 Å². The Morgan fingerprint density at radius 3 is 2.44 bits per heavy atom. The molecule has 1 heterocycles. The van der Waals surface area contributed by atoms with Gasteiger partial charge in [-0.1, -0.05) is 30.3 Å². The van der Waals surface area contributed by atoms with E-state index in [4.69, 9.17) is 9.47 Å². The third-order valence-corrected chi connectivity index (χ3v) is 5.16. The van der Waals surface area contributed by atoms with Crippen molar-refractivity contribution in [2.24, 2.45) is 0 Å².